The third kappa shape index (κ3) is 4.71. The van der Waals surface area contributed by atoms with Crippen molar-refractivity contribution in [2.24, 2.45) is 0 Å². The first-order valence-corrected chi connectivity index (χ1v) is 9.04. The van der Waals surface area contributed by atoms with Crippen LogP contribution in [0.2, 0.25) is 0 Å². The zero-order valence-corrected chi connectivity index (χ0v) is 16.1. The molecule has 0 spiro atoms. The Morgan fingerprint density at radius 2 is 1.74 bits per heavy atom. The minimum Gasteiger partial charge on any atom is -0.497 e. The first-order valence-electron chi connectivity index (χ1n) is 9.04. The predicted octanol–water partition coefficient (Wildman–Crippen LogP) is 4.90. The third-order valence-corrected chi connectivity index (χ3v) is 4.27. The van der Waals surface area contributed by atoms with Gasteiger partial charge in [0.1, 0.15) is 19.0 Å². The Kier molecular flexibility index (Phi) is 5.40. The fraction of sp³-hybridized carbons (Fsp3) is 0.200. The van der Waals surface area contributed by atoms with Crippen molar-refractivity contribution in [1.82, 2.24) is 9.97 Å². The second-order valence-electron chi connectivity index (χ2n) is 6.45. The van der Waals surface area contributed by atoms with Crippen LogP contribution < -0.4 is 24.8 Å². The lowest BCUT2D eigenvalue weighted by molar-refractivity contribution is -0.137. The zero-order valence-electron chi connectivity index (χ0n) is 16.1. The summed E-state index contributed by atoms with van der Waals surface area (Å²) in [6.07, 6.45) is -3.67. The number of ether oxygens (including phenoxy) is 3. The molecule has 3 aromatic rings. The normalized spacial score (nSPS) is 12.9. The number of rotatable bonds is 5. The average Bonchev–Trinajstić information content (AvgIpc) is 2.75. The van der Waals surface area contributed by atoms with E-state index in [1.807, 2.05) is 0 Å². The van der Waals surface area contributed by atoms with Gasteiger partial charge in [0.2, 0.25) is 5.95 Å². The summed E-state index contributed by atoms with van der Waals surface area (Å²) in [6, 6.07) is 8.04. The molecule has 1 aromatic heterocycles. The molecule has 0 saturated carbocycles. The fourth-order valence-electron chi connectivity index (χ4n) is 2.85. The monoisotopic (exact) mass is 436 g/mol. The lowest BCUT2D eigenvalue weighted by Gasteiger charge is -2.19. The molecule has 0 saturated heterocycles. The van der Waals surface area contributed by atoms with Gasteiger partial charge in [-0.15, -0.1) is 0 Å². The van der Waals surface area contributed by atoms with Crippen molar-refractivity contribution in [2.45, 2.75) is 6.18 Å². The molecule has 0 fully saturated rings. The Morgan fingerprint density at radius 3 is 2.48 bits per heavy atom. The molecule has 0 bridgehead atoms. The molecule has 11 heteroatoms. The number of fused-ring (bicyclic) bond motifs is 1. The number of benzene rings is 2. The molecule has 0 amide bonds. The quantitative estimate of drug-likeness (QED) is 0.551. The number of hydrogen-bond donors (Lipinski definition) is 2. The number of nitrogens with one attached hydrogen (secondary N) is 2. The number of halogens is 4. The maximum absolute atomic E-state index is 14.2. The summed E-state index contributed by atoms with van der Waals surface area (Å²) in [6.45, 7) is 0.836. The summed E-state index contributed by atoms with van der Waals surface area (Å²) < 4.78 is 69.4. The minimum absolute atomic E-state index is 0.00550. The Balaban J connectivity index is 1.59. The average molecular weight is 436 g/mol. The van der Waals surface area contributed by atoms with E-state index in [1.54, 1.807) is 18.2 Å². The van der Waals surface area contributed by atoms with E-state index in [0.717, 1.165) is 18.3 Å². The predicted molar refractivity (Wildman–Crippen MR) is 104 cm³/mol. The molecule has 0 aliphatic carbocycles. The maximum Gasteiger partial charge on any atom is 0.416 e. The van der Waals surface area contributed by atoms with Crippen LogP contribution in [0.3, 0.4) is 0 Å². The van der Waals surface area contributed by atoms with Gasteiger partial charge in [0.05, 0.1) is 18.9 Å². The van der Waals surface area contributed by atoms with Crippen molar-refractivity contribution >= 4 is 23.1 Å². The van der Waals surface area contributed by atoms with E-state index in [2.05, 4.69) is 20.6 Å². The molecule has 2 aromatic carbocycles. The van der Waals surface area contributed by atoms with Gasteiger partial charge in [0.15, 0.2) is 23.1 Å². The van der Waals surface area contributed by atoms with Gasteiger partial charge in [-0.25, -0.2) is 9.37 Å². The molecular formula is C20H16F4N4O3. The highest BCUT2D eigenvalue weighted by Crippen LogP contribution is 2.35. The van der Waals surface area contributed by atoms with E-state index in [9.17, 15) is 17.6 Å². The molecule has 1 aliphatic rings. The standard InChI is InChI=1S/C20H16F4N4O3/c1-29-14-7-11(20(22,23)24)6-13(8-14)27-19-25-10-15(21)18(28-19)26-12-2-3-16-17(9-12)31-5-4-30-16/h2-3,6-10H,4-5H2,1H3,(H2,25,26,27,28). The third-order valence-electron chi connectivity index (χ3n) is 4.27. The van der Waals surface area contributed by atoms with Gasteiger partial charge in [-0.3, -0.25) is 0 Å². The summed E-state index contributed by atoms with van der Waals surface area (Å²) in [5.41, 5.74) is -0.400. The number of hydrogen-bond acceptors (Lipinski definition) is 7. The fourth-order valence-corrected chi connectivity index (χ4v) is 2.85. The highest BCUT2D eigenvalue weighted by Gasteiger charge is 2.31. The molecule has 0 atom stereocenters. The number of methoxy groups -OCH3 is 1. The summed E-state index contributed by atoms with van der Waals surface area (Å²) in [5, 5.41) is 5.44. The van der Waals surface area contributed by atoms with Gasteiger partial charge in [-0.2, -0.15) is 18.2 Å². The van der Waals surface area contributed by atoms with Crippen molar-refractivity contribution in [3.8, 4) is 17.2 Å². The molecule has 0 unspecified atom stereocenters. The van der Waals surface area contributed by atoms with E-state index in [1.165, 1.54) is 13.2 Å². The number of nitrogens with zero attached hydrogens (tertiary/aromatic N) is 2. The SMILES string of the molecule is COc1cc(Nc2ncc(F)c(Nc3ccc4c(c3)OCCO4)n2)cc(C(F)(F)F)c1. The van der Waals surface area contributed by atoms with Gasteiger partial charge in [-0.1, -0.05) is 0 Å². The second-order valence-corrected chi connectivity index (χ2v) is 6.45. The summed E-state index contributed by atoms with van der Waals surface area (Å²) in [4.78, 5) is 7.81. The summed E-state index contributed by atoms with van der Waals surface area (Å²) in [5.74, 6) is 0.0352. The number of alkyl halides is 3. The van der Waals surface area contributed by atoms with Crippen molar-refractivity contribution in [2.75, 3.05) is 31.0 Å². The van der Waals surface area contributed by atoms with Crippen molar-refractivity contribution < 1.29 is 31.8 Å². The Bertz CT molecular complexity index is 1110. The number of aromatic nitrogens is 2. The number of anilines is 4. The Morgan fingerprint density at radius 1 is 0.968 bits per heavy atom. The van der Waals surface area contributed by atoms with Crippen LogP contribution in [0.1, 0.15) is 5.56 Å². The molecule has 4 rings (SSSR count). The molecule has 1 aliphatic heterocycles. The van der Waals surface area contributed by atoms with Gasteiger partial charge < -0.3 is 24.8 Å². The Hall–Kier alpha value is -3.76. The topological polar surface area (TPSA) is 77.5 Å². The van der Waals surface area contributed by atoms with E-state index in [4.69, 9.17) is 14.2 Å². The smallest absolute Gasteiger partial charge is 0.416 e. The summed E-state index contributed by atoms with van der Waals surface area (Å²) >= 11 is 0. The highest BCUT2D eigenvalue weighted by atomic mass is 19.4. The van der Waals surface area contributed by atoms with Crippen LogP contribution in [0.5, 0.6) is 17.2 Å². The van der Waals surface area contributed by atoms with Crippen LogP contribution in [-0.4, -0.2) is 30.3 Å². The minimum atomic E-state index is -4.57. The van der Waals surface area contributed by atoms with Gasteiger partial charge in [-0.05, 0) is 24.3 Å². The molecule has 162 valence electrons. The van der Waals surface area contributed by atoms with Gasteiger partial charge in [0, 0.05) is 23.5 Å². The zero-order chi connectivity index (χ0) is 22.0. The van der Waals surface area contributed by atoms with Crippen LogP contribution in [0.25, 0.3) is 0 Å². The summed E-state index contributed by atoms with van der Waals surface area (Å²) in [7, 11) is 1.25. The van der Waals surface area contributed by atoms with Crippen LogP contribution in [0, 0.1) is 5.82 Å². The van der Waals surface area contributed by atoms with E-state index >= 15 is 0 Å². The van der Waals surface area contributed by atoms with Crippen LogP contribution in [-0.2, 0) is 6.18 Å². The first kappa shape index (κ1) is 20.5. The lowest BCUT2D eigenvalue weighted by Crippen LogP contribution is -2.15. The maximum atomic E-state index is 14.2. The van der Waals surface area contributed by atoms with Crippen LogP contribution in [0.4, 0.5) is 40.7 Å². The first-order chi connectivity index (χ1) is 14.8. The molecule has 7 nitrogen and oxygen atoms in total. The lowest BCUT2D eigenvalue weighted by atomic mass is 10.2. The van der Waals surface area contributed by atoms with E-state index < -0.39 is 17.6 Å². The van der Waals surface area contributed by atoms with Gasteiger partial charge >= 0.3 is 6.18 Å². The van der Waals surface area contributed by atoms with Crippen molar-refractivity contribution in [3.63, 3.8) is 0 Å². The molecule has 2 N–H and O–H groups in total. The second kappa shape index (κ2) is 8.17. The molecular weight excluding hydrogens is 420 g/mol. The Labute approximate surface area is 174 Å². The van der Waals surface area contributed by atoms with E-state index in [0.29, 0.717) is 30.4 Å². The molecule has 0 radical (unpaired) electrons. The van der Waals surface area contributed by atoms with Crippen molar-refractivity contribution in [1.29, 1.82) is 0 Å². The van der Waals surface area contributed by atoms with Crippen LogP contribution in [0.15, 0.2) is 42.6 Å². The molecule has 2 heterocycles. The van der Waals surface area contributed by atoms with Crippen molar-refractivity contribution in [3.05, 3.63) is 54.0 Å². The van der Waals surface area contributed by atoms with Crippen LogP contribution >= 0.6 is 0 Å². The highest BCUT2D eigenvalue weighted by molar-refractivity contribution is 5.64. The van der Waals surface area contributed by atoms with E-state index in [-0.39, 0.29) is 23.2 Å². The largest absolute Gasteiger partial charge is 0.497 e. The van der Waals surface area contributed by atoms with Gasteiger partial charge in [0.25, 0.3) is 0 Å². The molecule has 31 heavy (non-hydrogen) atoms.